The Morgan fingerprint density at radius 2 is 2.37 bits per heavy atom. The summed E-state index contributed by atoms with van der Waals surface area (Å²) in [5, 5.41) is 10.6. The molecule has 0 bridgehead atoms. The summed E-state index contributed by atoms with van der Waals surface area (Å²) in [6.45, 7) is 0.453. The van der Waals surface area contributed by atoms with Gasteiger partial charge in [0.1, 0.15) is 17.3 Å². The zero-order valence-electron chi connectivity index (χ0n) is 10.1. The van der Waals surface area contributed by atoms with Crippen molar-refractivity contribution in [3.8, 4) is 0 Å². The fraction of sp³-hybridized carbons (Fsp3) is 0.273. The van der Waals surface area contributed by atoms with Crippen LogP contribution in [0.2, 0.25) is 5.15 Å². The second-order valence-electron chi connectivity index (χ2n) is 3.86. The zero-order chi connectivity index (χ0) is 13.8. The van der Waals surface area contributed by atoms with Gasteiger partial charge in [-0.3, -0.25) is 4.79 Å². The first-order valence-electron chi connectivity index (χ1n) is 5.50. The Kier molecular flexibility index (Phi) is 4.49. The number of aromatic nitrogens is 4. The minimum Gasteiger partial charge on any atom is -0.351 e. The molecule has 2 rings (SSSR count). The minimum absolute atomic E-state index is 0.180. The molecule has 0 saturated heterocycles. The van der Waals surface area contributed by atoms with Crippen LogP contribution in [-0.2, 0) is 13.5 Å². The van der Waals surface area contributed by atoms with E-state index in [1.54, 1.807) is 23.2 Å². The van der Waals surface area contributed by atoms with Crippen LogP contribution in [-0.4, -0.2) is 32.2 Å². The number of hydrogen-bond donors (Lipinski definition) is 1. The van der Waals surface area contributed by atoms with Crippen LogP contribution in [0.25, 0.3) is 0 Å². The van der Waals surface area contributed by atoms with E-state index in [0.717, 1.165) is 5.82 Å². The molecule has 0 fully saturated rings. The topological polar surface area (TPSA) is 72.7 Å². The molecule has 2 aromatic heterocycles. The summed E-state index contributed by atoms with van der Waals surface area (Å²) >= 11 is 9.13. The van der Waals surface area contributed by atoms with Gasteiger partial charge in [0, 0.05) is 30.7 Å². The van der Waals surface area contributed by atoms with Crippen molar-refractivity contribution < 1.29 is 4.79 Å². The predicted molar refractivity (Wildman–Crippen MR) is 74.0 cm³/mol. The number of halogens is 2. The summed E-state index contributed by atoms with van der Waals surface area (Å²) in [4.78, 5) is 15.8. The summed E-state index contributed by atoms with van der Waals surface area (Å²) in [6, 6.07) is 1.63. The number of nitrogens with one attached hydrogen (secondary N) is 1. The van der Waals surface area contributed by atoms with E-state index in [1.165, 1.54) is 0 Å². The second kappa shape index (κ2) is 6.12. The third-order valence-corrected chi connectivity index (χ3v) is 3.22. The Bertz CT molecular complexity index is 601. The molecule has 100 valence electrons. The average molecular weight is 345 g/mol. The number of carbonyl (C=O) groups is 1. The number of carbonyl (C=O) groups excluding carboxylic acids is 1. The fourth-order valence-electron chi connectivity index (χ4n) is 1.50. The molecule has 0 aliphatic rings. The number of hydrogen-bond acceptors (Lipinski definition) is 4. The van der Waals surface area contributed by atoms with Crippen LogP contribution in [0.15, 0.2) is 23.1 Å². The monoisotopic (exact) mass is 343 g/mol. The van der Waals surface area contributed by atoms with E-state index in [-0.39, 0.29) is 11.1 Å². The van der Waals surface area contributed by atoms with Crippen molar-refractivity contribution in [1.82, 2.24) is 25.1 Å². The molecule has 1 amide bonds. The molecule has 2 aromatic rings. The molecular formula is C11H11BrClN5O. The van der Waals surface area contributed by atoms with Crippen LogP contribution in [0.5, 0.6) is 0 Å². The molecule has 6 nitrogen and oxygen atoms in total. The highest BCUT2D eigenvalue weighted by Crippen LogP contribution is 2.17. The molecule has 0 aliphatic carbocycles. The van der Waals surface area contributed by atoms with Crippen LogP contribution in [0.4, 0.5) is 0 Å². The van der Waals surface area contributed by atoms with Gasteiger partial charge in [-0.15, -0.1) is 10.2 Å². The fourth-order valence-corrected chi connectivity index (χ4v) is 2.02. The SMILES string of the molecule is Cn1cnnc1CCNC(=O)c1cc(Br)cnc1Cl. The number of rotatable bonds is 4. The van der Waals surface area contributed by atoms with E-state index >= 15 is 0 Å². The van der Waals surface area contributed by atoms with Gasteiger partial charge < -0.3 is 9.88 Å². The molecule has 0 radical (unpaired) electrons. The van der Waals surface area contributed by atoms with Gasteiger partial charge in [-0.2, -0.15) is 0 Å². The maximum Gasteiger partial charge on any atom is 0.254 e. The maximum atomic E-state index is 11.9. The van der Waals surface area contributed by atoms with Crippen LogP contribution < -0.4 is 5.32 Å². The molecule has 19 heavy (non-hydrogen) atoms. The Morgan fingerprint density at radius 1 is 1.58 bits per heavy atom. The molecule has 1 N–H and O–H groups in total. The Labute approximate surface area is 123 Å². The van der Waals surface area contributed by atoms with Crippen LogP contribution in [0.1, 0.15) is 16.2 Å². The van der Waals surface area contributed by atoms with E-state index in [1.807, 2.05) is 7.05 Å². The average Bonchev–Trinajstić information content (AvgIpc) is 2.78. The molecule has 0 unspecified atom stereocenters. The largest absolute Gasteiger partial charge is 0.351 e. The lowest BCUT2D eigenvalue weighted by atomic mass is 10.2. The highest BCUT2D eigenvalue weighted by atomic mass is 79.9. The van der Waals surface area contributed by atoms with E-state index in [0.29, 0.717) is 23.0 Å². The van der Waals surface area contributed by atoms with Crippen molar-refractivity contribution in [3.05, 3.63) is 39.6 Å². The number of nitrogens with zero attached hydrogens (tertiary/aromatic N) is 4. The standard InChI is InChI=1S/C11H11BrClN5O/c1-18-6-16-17-9(18)2-3-14-11(19)8-4-7(12)5-15-10(8)13/h4-6H,2-3H2,1H3,(H,14,19). The normalized spacial score (nSPS) is 10.5. The molecule has 0 saturated carbocycles. The first-order chi connectivity index (χ1) is 9.08. The highest BCUT2D eigenvalue weighted by molar-refractivity contribution is 9.10. The van der Waals surface area contributed by atoms with Gasteiger partial charge in [-0.25, -0.2) is 4.98 Å². The van der Waals surface area contributed by atoms with Crippen LogP contribution in [0.3, 0.4) is 0 Å². The molecule has 8 heteroatoms. The molecule has 0 atom stereocenters. The smallest absolute Gasteiger partial charge is 0.254 e. The Hall–Kier alpha value is -1.47. The van der Waals surface area contributed by atoms with E-state index in [2.05, 4.69) is 36.4 Å². The van der Waals surface area contributed by atoms with Gasteiger partial charge in [0.2, 0.25) is 0 Å². The van der Waals surface area contributed by atoms with Crippen molar-refractivity contribution in [2.45, 2.75) is 6.42 Å². The molecule has 0 aliphatic heterocycles. The first-order valence-corrected chi connectivity index (χ1v) is 6.67. The Morgan fingerprint density at radius 3 is 3.05 bits per heavy atom. The van der Waals surface area contributed by atoms with Crippen molar-refractivity contribution in [3.63, 3.8) is 0 Å². The van der Waals surface area contributed by atoms with Gasteiger partial charge in [0.15, 0.2) is 0 Å². The highest BCUT2D eigenvalue weighted by Gasteiger charge is 2.12. The number of aryl methyl sites for hydroxylation is 1. The predicted octanol–water partition coefficient (Wildman–Crippen LogP) is 1.60. The van der Waals surface area contributed by atoms with E-state index in [9.17, 15) is 4.79 Å². The minimum atomic E-state index is -0.263. The third kappa shape index (κ3) is 3.51. The second-order valence-corrected chi connectivity index (χ2v) is 5.13. The summed E-state index contributed by atoms with van der Waals surface area (Å²) < 4.78 is 2.51. The van der Waals surface area contributed by atoms with Gasteiger partial charge in [-0.1, -0.05) is 11.6 Å². The lowest BCUT2D eigenvalue weighted by Crippen LogP contribution is -2.26. The summed E-state index contributed by atoms with van der Waals surface area (Å²) in [7, 11) is 1.85. The van der Waals surface area contributed by atoms with Crippen molar-refractivity contribution >= 4 is 33.4 Å². The van der Waals surface area contributed by atoms with Gasteiger partial charge in [-0.05, 0) is 22.0 Å². The lowest BCUT2D eigenvalue weighted by Gasteiger charge is -2.06. The first kappa shape index (κ1) is 14.0. The summed E-state index contributed by atoms with van der Waals surface area (Å²) in [6.07, 6.45) is 3.76. The van der Waals surface area contributed by atoms with Gasteiger partial charge in [0.25, 0.3) is 5.91 Å². The zero-order valence-corrected chi connectivity index (χ0v) is 12.4. The van der Waals surface area contributed by atoms with Crippen molar-refractivity contribution in [2.75, 3.05) is 6.54 Å². The number of amides is 1. The Balaban J connectivity index is 1.94. The van der Waals surface area contributed by atoms with Gasteiger partial charge >= 0.3 is 0 Å². The molecular weight excluding hydrogens is 334 g/mol. The van der Waals surface area contributed by atoms with E-state index in [4.69, 9.17) is 11.6 Å². The quantitative estimate of drug-likeness (QED) is 0.855. The molecule has 0 aromatic carbocycles. The van der Waals surface area contributed by atoms with Crippen molar-refractivity contribution in [1.29, 1.82) is 0 Å². The third-order valence-electron chi connectivity index (χ3n) is 2.49. The van der Waals surface area contributed by atoms with E-state index < -0.39 is 0 Å². The van der Waals surface area contributed by atoms with Crippen LogP contribution in [0, 0.1) is 0 Å². The summed E-state index contributed by atoms with van der Waals surface area (Å²) in [5.41, 5.74) is 0.342. The van der Waals surface area contributed by atoms with Crippen LogP contribution >= 0.6 is 27.5 Å². The lowest BCUT2D eigenvalue weighted by molar-refractivity contribution is 0.0953. The molecule has 2 heterocycles. The number of pyridine rings is 1. The van der Waals surface area contributed by atoms with Crippen molar-refractivity contribution in [2.24, 2.45) is 7.05 Å². The maximum absolute atomic E-state index is 11.9. The van der Waals surface area contributed by atoms with Gasteiger partial charge in [0.05, 0.1) is 5.56 Å². The summed E-state index contributed by atoms with van der Waals surface area (Å²) in [5.74, 6) is 0.541. The molecule has 0 spiro atoms.